The molecule has 0 radical (unpaired) electrons. The van der Waals surface area contributed by atoms with Gasteiger partial charge in [0.05, 0.1) is 24.7 Å². The van der Waals surface area contributed by atoms with Crippen LogP contribution in [0.1, 0.15) is 18.1 Å². The maximum atomic E-state index is 13.5. The van der Waals surface area contributed by atoms with Crippen LogP contribution in [-0.4, -0.2) is 18.8 Å². The molecule has 0 aliphatic carbocycles. The number of carbonyl (C=O) groups is 1. The molecule has 0 N–H and O–H groups in total. The Bertz CT molecular complexity index is 471. The highest BCUT2D eigenvalue weighted by Gasteiger charge is 2.13. The summed E-state index contributed by atoms with van der Waals surface area (Å²) >= 11 is 1.46. The van der Waals surface area contributed by atoms with Crippen LogP contribution in [0.4, 0.5) is 4.39 Å². The number of halogens is 1. The quantitative estimate of drug-likeness (QED) is 0.770. The molecule has 0 saturated heterocycles. The van der Waals surface area contributed by atoms with E-state index in [1.54, 1.807) is 19.1 Å². The van der Waals surface area contributed by atoms with E-state index >= 15 is 0 Å². The summed E-state index contributed by atoms with van der Waals surface area (Å²) in [6, 6.07) is 6.29. The molecular weight excluding hydrogens is 253 g/mol. The van der Waals surface area contributed by atoms with Gasteiger partial charge >= 0.3 is 5.97 Å². The van der Waals surface area contributed by atoms with Crippen LogP contribution in [0.15, 0.2) is 18.2 Å². The van der Waals surface area contributed by atoms with Gasteiger partial charge in [0.25, 0.3) is 0 Å². The SMILES string of the molecule is COC(=O)C(C)CSCc1ccc(C#N)cc1F. The number of nitrogens with zero attached hydrogens (tertiary/aromatic N) is 1. The van der Waals surface area contributed by atoms with Crippen molar-refractivity contribution in [3.63, 3.8) is 0 Å². The van der Waals surface area contributed by atoms with Crippen molar-refractivity contribution in [3.8, 4) is 6.07 Å². The molecule has 0 amide bonds. The molecule has 0 aliphatic heterocycles. The van der Waals surface area contributed by atoms with Gasteiger partial charge < -0.3 is 4.74 Å². The summed E-state index contributed by atoms with van der Waals surface area (Å²) in [5.41, 5.74) is 0.847. The number of ether oxygens (including phenoxy) is 1. The van der Waals surface area contributed by atoms with Crippen LogP contribution in [0, 0.1) is 23.1 Å². The van der Waals surface area contributed by atoms with E-state index in [1.807, 2.05) is 6.07 Å². The Balaban J connectivity index is 2.50. The number of thioether (sulfide) groups is 1. The van der Waals surface area contributed by atoms with Gasteiger partial charge in [0.2, 0.25) is 0 Å². The van der Waals surface area contributed by atoms with Crippen molar-refractivity contribution in [1.82, 2.24) is 0 Å². The first kappa shape index (κ1) is 14.5. The maximum absolute atomic E-state index is 13.5. The first-order chi connectivity index (χ1) is 8.58. The van der Waals surface area contributed by atoms with Gasteiger partial charge in [0.15, 0.2) is 0 Å². The molecule has 1 aromatic rings. The molecule has 5 heteroatoms. The fourth-order valence-corrected chi connectivity index (χ4v) is 2.41. The molecule has 0 aliphatic rings. The lowest BCUT2D eigenvalue weighted by Crippen LogP contribution is -2.14. The number of esters is 1. The lowest BCUT2D eigenvalue weighted by molar-refractivity contribution is -0.143. The molecule has 1 atom stereocenters. The number of hydrogen-bond donors (Lipinski definition) is 0. The third-order valence-electron chi connectivity index (χ3n) is 2.41. The van der Waals surface area contributed by atoms with Crippen LogP contribution >= 0.6 is 11.8 Å². The van der Waals surface area contributed by atoms with Crippen molar-refractivity contribution < 1.29 is 13.9 Å². The standard InChI is InChI=1S/C13H14FNO2S/c1-9(13(16)17-2)7-18-8-11-4-3-10(6-15)5-12(11)14/h3-5,9H,7-8H2,1-2H3. The third kappa shape index (κ3) is 4.04. The monoisotopic (exact) mass is 267 g/mol. The van der Waals surface area contributed by atoms with Crippen molar-refractivity contribution in [2.45, 2.75) is 12.7 Å². The second-order valence-corrected chi connectivity index (χ2v) is 4.89. The van der Waals surface area contributed by atoms with E-state index < -0.39 is 0 Å². The normalized spacial score (nSPS) is 11.7. The first-order valence-electron chi connectivity index (χ1n) is 5.42. The van der Waals surface area contributed by atoms with Crippen molar-refractivity contribution in [2.75, 3.05) is 12.9 Å². The minimum absolute atomic E-state index is 0.207. The Labute approximate surface area is 110 Å². The molecule has 1 aromatic carbocycles. The summed E-state index contributed by atoms with van der Waals surface area (Å²) in [5.74, 6) is 0.196. The number of rotatable bonds is 5. The van der Waals surface area contributed by atoms with Gasteiger partial charge in [0.1, 0.15) is 5.82 Å². The summed E-state index contributed by atoms with van der Waals surface area (Å²) in [6.45, 7) is 1.77. The average molecular weight is 267 g/mol. The summed E-state index contributed by atoms with van der Waals surface area (Å²) < 4.78 is 18.1. The van der Waals surface area contributed by atoms with Gasteiger partial charge in [-0.05, 0) is 17.7 Å². The fourth-order valence-electron chi connectivity index (χ4n) is 1.35. The van der Waals surface area contributed by atoms with Crippen LogP contribution in [0.5, 0.6) is 0 Å². The van der Waals surface area contributed by atoms with E-state index in [-0.39, 0.29) is 17.7 Å². The van der Waals surface area contributed by atoms with E-state index in [9.17, 15) is 9.18 Å². The highest BCUT2D eigenvalue weighted by atomic mass is 32.2. The predicted octanol–water partition coefficient (Wildman–Crippen LogP) is 2.74. The Morgan fingerprint density at radius 3 is 2.89 bits per heavy atom. The molecule has 0 saturated carbocycles. The van der Waals surface area contributed by atoms with Gasteiger partial charge in [-0.3, -0.25) is 4.79 Å². The highest BCUT2D eigenvalue weighted by Crippen LogP contribution is 2.19. The number of methoxy groups -OCH3 is 1. The Morgan fingerprint density at radius 1 is 1.61 bits per heavy atom. The van der Waals surface area contributed by atoms with E-state index in [0.29, 0.717) is 22.6 Å². The third-order valence-corrected chi connectivity index (χ3v) is 3.66. The van der Waals surface area contributed by atoms with Crippen LogP contribution in [-0.2, 0) is 15.3 Å². The minimum atomic E-state index is -0.382. The topological polar surface area (TPSA) is 50.1 Å². The molecule has 0 bridgehead atoms. The smallest absolute Gasteiger partial charge is 0.309 e. The average Bonchev–Trinajstić information content (AvgIpc) is 2.39. The zero-order valence-electron chi connectivity index (χ0n) is 10.3. The zero-order valence-corrected chi connectivity index (χ0v) is 11.1. The van der Waals surface area contributed by atoms with E-state index in [0.717, 1.165) is 0 Å². The largest absolute Gasteiger partial charge is 0.469 e. The molecule has 0 heterocycles. The second-order valence-electron chi connectivity index (χ2n) is 3.86. The summed E-state index contributed by atoms with van der Waals surface area (Å²) in [7, 11) is 1.35. The van der Waals surface area contributed by atoms with Gasteiger partial charge in [-0.2, -0.15) is 17.0 Å². The molecule has 96 valence electrons. The van der Waals surface area contributed by atoms with E-state index in [1.165, 1.54) is 24.9 Å². The molecule has 18 heavy (non-hydrogen) atoms. The summed E-state index contributed by atoms with van der Waals surface area (Å²) in [4.78, 5) is 11.2. The predicted molar refractivity (Wildman–Crippen MR) is 68.5 cm³/mol. The minimum Gasteiger partial charge on any atom is -0.469 e. The number of nitriles is 1. The Kier molecular flexibility index (Phi) is 5.66. The van der Waals surface area contributed by atoms with Crippen molar-refractivity contribution in [3.05, 3.63) is 35.1 Å². The fraction of sp³-hybridized carbons (Fsp3) is 0.385. The lowest BCUT2D eigenvalue weighted by atomic mass is 10.1. The van der Waals surface area contributed by atoms with Crippen molar-refractivity contribution in [2.24, 2.45) is 5.92 Å². The number of hydrogen-bond acceptors (Lipinski definition) is 4. The number of carbonyl (C=O) groups excluding carboxylic acids is 1. The molecule has 1 unspecified atom stereocenters. The molecule has 0 aromatic heterocycles. The highest BCUT2D eigenvalue weighted by molar-refractivity contribution is 7.98. The van der Waals surface area contributed by atoms with Crippen LogP contribution < -0.4 is 0 Å². The van der Waals surface area contributed by atoms with Gasteiger partial charge in [0, 0.05) is 11.5 Å². The number of benzene rings is 1. The Morgan fingerprint density at radius 2 is 2.33 bits per heavy atom. The van der Waals surface area contributed by atoms with Crippen molar-refractivity contribution in [1.29, 1.82) is 5.26 Å². The summed E-state index contributed by atoms with van der Waals surface area (Å²) in [6.07, 6.45) is 0. The maximum Gasteiger partial charge on any atom is 0.309 e. The van der Waals surface area contributed by atoms with Crippen molar-refractivity contribution >= 4 is 17.7 Å². The van der Waals surface area contributed by atoms with Gasteiger partial charge in [-0.1, -0.05) is 13.0 Å². The van der Waals surface area contributed by atoms with E-state index in [2.05, 4.69) is 4.74 Å². The molecule has 1 rings (SSSR count). The molecule has 0 spiro atoms. The lowest BCUT2D eigenvalue weighted by Gasteiger charge is -2.08. The van der Waals surface area contributed by atoms with Gasteiger partial charge in [-0.25, -0.2) is 4.39 Å². The van der Waals surface area contributed by atoms with Gasteiger partial charge in [-0.15, -0.1) is 0 Å². The molecule has 3 nitrogen and oxygen atoms in total. The summed E-state index contributed by atoms with van der Waals surface area (Å²) in [5, 5.41) is 8.62. The van der Waals surface area contributed by atoms with E-state index in [4.69, 9.17) is 5.26 Å². The van der Waals surface area contributed by atoms with Crippen LogP contribution in [0.3, 0.4) is 0 Å². The zero-order chi connectivity index (χ0) is 13.5. The van der Waals surface area contributed by atoms with Crippen LogP contribution in [0.25, 0.3) is 0 Å². The first-order valence-corrected chi connectivity index (χ1v) is 6.58. The molecule has 0 fully saturated rings. The van der Waals surface area contributed by atoms with Crippen LogP contribution in [0.2, 0.25) is 0 Å². The molecular formula is C13H14FNO2S. The second kappa shape index (κ2) is 7.02. The Hall–Kier alpha value is -1.54.